The SMILES string of the molecule is Cn1ccnc1CC(=O)CCC(F)(F)F. The molecule has 1 aromatic heterocycles. The van der Waals surface area contributed by atoms with Crippen molar-refractivity contribution in [3.8, 4) is 0 Å². The van der Waals surface area contributed by atoms with E-state index in [4.69, 9.17) is 0 Å². The summed E-state index contributed by atoms with van der Waals surface area (Å²) in [5.41, 5.74) is 0. The minimum absolute atomic E-state index is 0.0421. The molecule has 1 aromatic rings. The van der Waals surface area contributed by atoms with Gasteiger partial charge in [-0.25, -0.2) is 4.98 Å². The van der Waals surface area contributed by atoms with Gasteiger partial charge in [0.15, 0.2) is 0 Å². The number of carbonyl (C=O) groups is 1. The van der Waals surface area contributed by atoms with Crippen LogP contribution in [0.1, 0.15) is 18.7 Å². The summed E-state index contributed by atoms with van der Waals surface area (Å²) in [7, 11) is 1.69. The van der Waals surface area contributed by atoms with Gasteiger partial charge in [-0.2, -0.15) is 13.2 Å². The van der Waals surface area contributed by atoms with Crippen molar-refractivity contribution in [2.45, 2.75) is 25.4 Å². The second-order valence-electron chi connectivity index (χ2n) is 3.29. The van der Waals surface area contributed by atoms with Crippen molar-refractivity contribution in [3.63, 3.8) is 0 Å². The van der Waals surface area contributed by atoms with Gasteiger partial charge in [-0.05, 0) is 0 Å². The van der Waals surface area contributed by atoms with Crippen LogP contribution < -0.4 is 0 Å². The van der Waals surface area contributed by atoms with E-state index < -0.39 is 24.8 Å². The Kier molecular flexibility index (Phi) is 3.49. The second-order valence-corrected chi connectivity index (χ2v) is 3.29. The lowest BCUT2D eigenvalue weighted by Gasteiger charge is -2.05. The topological polar surface area (TPSA) is 34.9 Å². The summed E-state index contributed by atoms with van der Waals surface area (Å²) >= 11 is 0. The van der Waals surface area contributed by atoms with Crippen LogP contribution >= 0.6 is 0 Å². The van der Waals surface area contributed by atoms with Gasteiger partial charge in [-0.1, -0.05) is 0 Å². The van der Waals surface area contributed by atoms with Crippen molar-refractivity contribution >= 4 is 5.78 Å². The predicted molar refractivity (Wildman–Crippen MR) is 47.2 cm³/mol. The maximum atomic E-state index is 11.8. The maximum Gasteiger partial charge on any atom is 0.389 e. The molecule has 0 atom stereocenters. The van der Waals surface area contributed by atoms with Crippen LogP contribution in [0.25, 0.3) is 0 Å². The molecule has 0 unspecified atom stereocenters. The highest BCUT2D eigenvalue weighted by atomic mass is 19.4. The molecule has 0 aliphatic heterocycles. The largest absolute Gasteiger partial charge is 0.389 e. The molecule has 0 spiro atoms. The monoisotopic (exact) mass is 220 g/mol. The van der Waals surface area contributed by atoms with Gasteiger partial charge in [-0.3, -0.25) is 4.79 Å². The normalized spacial score (nSPS) is 11.7. The third-order valence-corrected chi connectivity index (χ3v) is 1.96. The van der Waals surface area contributed by atoms with Crippen molar-refractivity contribution in [2.24, 2.45) is 7.05 Å². The Bertz CT molecular complexity index is 343. The number of aryl methyl sites for hydroxylation is 1. The van der Waals surface area contributed by atoms with Crippen molar-refractivity contribution in [3.05, 3.63) is 18.2 Å². The van der Waals surface area contributed by atoms with Crippen molar-refractivity contribution < 1.29 is 18.0 Å². The van der Waals surface area contributed by atoms with Crippen LogP contribution in [0.4, 0.5) is 13.2 Å². The van der Waals surface area contributed by atoms with Gasteiger partial charge in [0, 0.05) is 25.9 Å². The summed E-state index contributed by atoms with van der Waals surface area (Å²) in [6, 6.07) is 0. The minimum Gasteiger partial charge on any atom is -0.338 e. The van der Waals surface area contributed by atoms with E-state index in [1.54, 1.807) is 17.8 Å². The number of ketones is 1. The lowest BCUT2D eigenvalue weighted by molar-refractivity contribution is -0.143. The summed E-state index contributed by atoms with van der Waals surface area (Å²) < 4.78 is 37.0. The molecule has 3 nitrogen and oxygen atoms in total. The number of hydrogen-bond acceptors (Lipinski definition) is 2. The van der Waals surface area contributed by atoms with Gasteiger partial charge in [0.25, 0.3) is 0 Å². The zero-order valence-corrected chi connectivity index (χ0v) is 8.21. The van der Waals surface area contributed by atoms with Gasteiger partial charge in [0.1, 0.15) is 11.6 Å². The molecule has 0 radical (unpaired) electrons. The van der Waals surface area contributed by atoms with Gasteiger partial charge in [-0.15, -0.1) is 0 Å². The van der Waals surface area contributed by atoms with Crippen LogP contribution in [-0.4, -0.2) is 21.5 Å². The first kappa shape index (κ1) is 11.7. The number of nitrogens with zero attached hydrogens (tertiary/aromatic N) is 2. The smallest absolute Gasteiger partial charge is 0.338 e. The number of alkyl halides is 3. The predicted octanol–water partition coefficient (Wildman–Crippen LogP) is 1.87. The molecule has 84 valence electrons. The fraction of sp³-hybridized carbons (Fsp3) is 0.556. The Morgan fingerprint density at radius 2 is 2.20 bits per heavy atom. The van der Waals surface area contributed by atoms with E-state index in [0.29, 0.717) is 5.82 Å². The molecular formula is C9H11F3N2O. The fourth-order valence-corrected chi connectivity index (χ4v) is 1.11. The highest BCUT2D eigenvalue weighted by Gasteiger charge is 2.27. The molecule has 0 N–H and O–H groups in total. The Hall–Kier alpha value is -1.33. The average Bonchev–Trinajstić information content (AvgIpc) is 2.47. The summed E-state index contributed by atoms with van der Waals surface area (Å²) in [4.78, 5) is 15.0. The zero-order chi connectivity index (χ0) is 11.5. The third-order valence-electron chi connectivity index (χ3n) is 1.96. The molecule has 0 saturated heterocycles. The van der Waals surface area contributed by atoms with Crippen molar-refractivity contribution in [1.82, 2.24) is 9.55 Å². The molecule has 15 heavy (non-hydrogen) atoms. The van der Waals surface area contributed by atoms with Crippen LogP contribution in [0.3, 0.4) is 0 Å². The molecule has 0 aliphatic rings. The van der Waals surface area contributed by atoms with Crippen LogP contribution in [-0.2, 0) is 18.3 Å². The summed E-state index contributed by atoms with van der Waals surface area (Å²) in [5.74, 6) is 0.0452. The van der Waals surface area contributed by atoms with Gasteiger partial charge in [0.05, 0.1) is 12.8 Å². The molecule has 6 heteroatoms. The molecule has 1 rings (SSSR count). The fourth-order valence-electron chi connectivity index (χ4n) is 1.11. The summed E-state index contributed by atoms with van der Waals surface area (Å²) in [6.07, 6.45) is -2.69. The van der Waals surface area contributed by atoms with E-state index in [2.05, 4.69) is 4.98 Å². The number of rotatable bonds is 4. The van der Waals surface area contributed by atoms with E-state index >= 15 is 0 Å². The lowest BCUT2D eigenvalue weighted by atomic mass is 10.1. The minimum atomic E-state index is -4.27. The summed E-state index contributed by atoms with van der Waals surface area (Å²) in [5, 5.41) is 0. The van der Waals surface area contributed by atoms with E-state index in [1.807, 2.05) is 0 Å². The number of hydrogen-bond donors (Lipinski definition) is 0. The first-order chi connectivity index (χ1) is 6.88. The van der Waals surface area contributed by atoms with Gasteiger partial charge in [0.2, 0.25) is 0 Å². The van der Waals surface area contributed by atoms with Crippen LogP contribution in [0, 0.1) is 0 Å². The Morgan fingerprint density at radius 3 is 2.67 bits per heavy atom. The van der Waals surface area contributed by atoms with Crippen molar-refractivity contribution in [1.29, 1.82) is 0 Å². The number of aromatic nitrogens is 2. The Morgan fingerprint density at radius 1 is 1.53 bits per heavy atom. The lowest BCUT2D eigenvalue weighted by Crippen LogP contribution is -2.13. The first-order valence-corrected chi connectivity index (χ1v) is 4.43. The summed E-state index contributed by atoms with van der Waals surface area (Å²) in [6.45, 7) is 0. The van der Waals surface area contributed by atoms with Crippen LogP contribution in [0.15, 0.2) is 12.4 Å². The highest BCUT2D eigenvalue weighted by molar-refractivity contribution is 5.80. The van der Waals surface area contributed by atoms with Gasteiger partial charge >= 0.3 is 6.18 Å². The molecule has 0 fully saturated rings. The molecule has 0 aromatic carbocycles. The van der Waals surface area contributed by atoms with E-state index in [1.165, 1.54) is 6.20 Å². The second kappa shape index (κ2) is 4.46. The van der Waals surface area contributed by atoms with E-state index in [9.17, 15) is 18.0 Å². The number of Topliss-reactive ketones (excluding diaryl/α,β-unsaturated/α-hetero) is 1. The molecule has 0 amide bonds. The maximum absolute atomic E-state index is 11.8. The zero-order valence-electron chi connectivity index (χ0n) is 8.21. The van der Waals surface area contributed by atoms with E-state index in [0.717, 1.165) is 0 Å². The van der Waals surface area contributed by atoms with Crippen LogP contribution in [0.5, 0.6) is 0 Å². The highest BCUT2D eigenvalue weighted by Crippen LogP contribution is 2.21. The number of imidazole rings is 1. The molecule has 1 heterocycles. The molecule has 0 aliphatic carbocycles. The Labute approximate surface area is 84.9 Å². The average molecular weight is 220 g/mol. The van der Waals surface area contributed by atoms with E-state index in [-0.39, 0.29) is 6.42 Å². The number of halogens is 3. The standard InChI is InChI=1S/C9H11F3N2O/c1-14-5-4-13-8(14)6-7(15)2-3-9(10,11)12/h4-5H,2-3,6H2,1H3. The third kappa shape index (κ3) is 4.14. The Balaban J connectivity index is 2.41. The first-order valence-electron chi connectivity index (χ1n) is 4.43. The van der Waals surface area contributed by atoms with Gasteiger partial charge < -0.3 is 4.57 Å². The number of carbonyl (C=O) groups excluding carboxylic acids is 1. The quantitative estimate of drug-likeness (QED) is 0.776. The van der Waals surface area contributed by atoms with Crippen molar-refractivity contribution in [2.75, 3.05) is 0 Å². The molecule has 0 bridgehead atoms. The van der Waals surface area contributed by atoms with Crippen LogP contribution in [0.2, 0.25) is 0 Å². The molecule has 0 saturated carbocycles. The molecular weight excluding hydrogens is 209 g/mol.